The van der Waals surface area contributed by atoms with E-state index in [1.165, 1.54) is 18.2 Å². The van der Waals surface area contributed by atoms with E-state index >= 15 is 0 Å². The summed E-state index contributed by atoms with van der Waals surface area (Å²) in [5.41, 5.74) is 3.77. The van der Waals surface area contributed by atoms with Crippen LogP contribution in [0.3, 0.4) is 0 Å². The minimum atomic E-state index is -0.471. The predicted molar refractivity (Wildman–Crippen MR) is 107 cm³/mol. The molecule has 28 heavy (non-hydrogen) atoms. The van der Waals surface area contributed by atoms with E-state index in [2.05, 4.69) is 20.6 Å². The van der Waals surface area contributed by atoms with Crippen molar-refractivity contribution in [3.05, 3.63) is 81.2 Å². The fourth-order valence-corrected chi connectivity index (χ4v) is 2.79. The SMILES string of the molecule is Cc1cc(C)nc(Nc2cccc(NC(=O)c3ccc([N+](=O)[O-])c(C)c3)c2)n1. The summed E-state index contributed by atoms with van der Waals surface area (Å²) in [6.45, 7) is 5.38. The molecular weight excluding hydrogens is 358 g/mol. The van der Waals surface area contributed by atoms with E-state index in [4.69, 9.17) is 0 Å². The number of carbonyl (C=O) groups excluding carboxylic acids is 1. The summed E-state index contributed by atoms with van der Waals surface area (Å²) in [4.78, 5) is 31.6. The van der Waals surface area contributed by atoms with Gasteiger partial charge in [0.25, 0.3) is 11.6 Å². The first-order valence-corrected chi connectivity index (χ1v) is 8.57. The fraction of sp³-hybridized carbons (Fsp3) is 0.150. The molecule has 0 aliphatic carbocycles. The monoisotopic (exact) mass is 377 g/mol. The zero-order valence-corrected chi connectivity index (χ0v) is 15.7. The van der Waals surface area contributed by atoms with E-state index in [1.807, 2.05) is 26.0 Å². The largest absolute Gasteiger partial charge is 0.324 e. The lowest BCUT2D eigenvalue weighted by atomic mass is 10.1. The number of anilines is 3. The van der Waals surface area contributed by atoms with Crippen molar-refractivity contribution in [1.29, 1.82) is 0 Å². The Labute approximate surface area is 161 Å². The zero-order chi connectivity index (χ0) is 20.3. The number of benzene rings is 2. The van der Waals surface area contributed by atoms with Crippen LogP contribution in [-0.2, 0) is 0 Å². The fourth-order valence-electron chi connectivity index (χ4n) is 2.79. The number of aryl methyl sites for hydroxylation is 3. The molecule has 2 N–H and O–H groups in total. The zero-order valence-electron chi connectivity index (χ0n) is 15.7. The first-order chi connectivity index (χ1) is 13.3. The van der Waals surface area contributed by atoms with Gasteiger partial charge in [-0.2, -0.15) is 0 Å². The molecule has 0 fully saturated rings. The molecule has 0 radical (unpaired) electrons. The van der Waals surface area contributed by atoms with Crippen molar-refractivity contribution in [2.24, 2.45) is 0 Å². The molecule has 0 spiro atoms. The molecule has 1 aromatic heterocycles. The van der Waals surface area contributed by atoms with Crippen molar-refractivity contribution in [2.45, 2.75) is 20.8 Å². The van der Waals surface area contributed by atoms with Gasteiger partial charge in [-0.3, -0.25) is 14.9 Å². The minimum absolute atomic E-state index is 0.0174. The number of hydrogen-bond acceptors (Lipinski definition) is 6. The standard InChI is InChI=1S/C20H19N5O3/c1-12-9-15(7-8-18(12)25(27)28)19(26)23-16-5-4-6-17(11-16)24-20-21-13(2)10-14(3)22-20/h4-11H,1-3H3,(H,23,26)(H,21,22,24). The third kappa shape index (κ3) is 4.47. The van der Waals surface area contributed by atoms with Gasteiger partial charge in [-0.25, -0.2) is 9.97 Å². The Kier molecular flexibility index (Phi) is 5.30. The Morgan fingerprint density at radius 1 is 0.964 bits per heavy atom. The van der Waals surface area contributed by atoms with E-state index in [9.17, 15) is 14.9 Å². The lowest BCUT2D eigenvalue weighted by Gasteiger charge is -2.10. The van der Waals surface area contributed by atoms with Crippen molar-refractivity contribution in [2.75, 3.05) is 10.6 Å². The highest BCUT2D eigenvalue weighted by Gasteiger charge is 2.14. The van der Waals surface area contributed by atoms with E-state index < -0.39 is 4.92 Å². The highest BCUT2D eigenvalue weighted by Crippen LogP contribution is 2.22. The lowest BCUT2D eigenvalue weighted by molar-refractivity contribution is -0.385. The van der Waals surface area contributed by atoms with Gasteiger partial charge in [0, 0.05) is 40.0 Å². The molecule has 8 nitrogen and oxygen atoms in total. The molecular formula is C20H19N5O3. The van der Waals surface area contributed by atoms with Crippen molar-refractivity contribution < 1.29 is 9.72 Å². The van der Waals surface area contributed by atoms with Gasteiger partial charge in [0.15, 0.2) is 0 Å². The first kappa shape index (κ1) is 19.0. The average Bonchev–Trinajstić information content (AvgIpc) is 2.60. The molecule has 8 heteroatoms. The third-order valence-electron chi connectivity index (χ3n) is 4.01. The summed E-state index contributed by atoms with van der Waals surface area (Å²) in [6, 6.07) is 13.3. The van der Waals surface area contributed by atoms with Crippen molar-refractivity contribution >= 4 is 28.9 Å². The van der Waals surface area contributed by atoms with Gasteiger partial charge in [0.1, 0.15) is 0 Å². The Hall–Kier alpha value is -3.81. The van der Waals surface area contributed by atoms with Gasteiger partial charge in [0.05, 0.1) is 4.92 Å². The first-order valence-electron chi connectivity index (χ1n) is 8.57. The van der Waals surface area contributed by atoms with Crippen molar-refractivity contribution in [1.82, 2.24) is 9.97 Å². The third-order valence-corrected chi connectivity index (χ3v) is 4.01. The molecule has 2 aromatic carbocycles. The smallest absolute Gasteiger partial charge is 0.272 e. The van der Waals surface area contributed by atoms with Crippen LogP contribution in [0.15, 0.2) is 48.5 Å². The maximum atomic E-state index is 12.5. The summed E-state index contributed by atoms with van der Waals surface area (Å²) in [5, 5.41) is 16.8. The van der Waals surface area contributed by atoms with E-state index in [1.54, 1.807) is 25.1 Å². The Bertz CT molecular complexity index is 1050. The van der Waals surface area contributed by atoms with Crippen LogP contribution in [0.1, 0.15) is 27.3 Å². The molecule has 142 valence electrons. The van der Waals surface area contributed by atoms with Crippen LogP contribution in [0.2, 0.25) is 0 Å². The quantitative estimate of drug-likeness (QED) is 0.506. The van der Waals surface area contributed by atoms with E-state index in [0.717, 1.165) is 17.1 Å². The summed E-state index contributed by atoms with van der Waals surface area (Å²) in [6.07, 6.45) is 0. The maximum absolute atomic E-state index is 12.5. The topological polar surface area (TPSA) is 110 Å². The predicted octanol–water partition coefficient (Wildman–Crippen LogP) is 4.31. The number of nitrogens with one attached hydrogen (secondary N) is 2. The van der Waals surface area contributed by atoms with E-state index in [0.29, 0.717) is 22.8 Å². The average molecular weight is 377 g/mol. The minimum Gasteiger partial charge on any atom is -0.324 e. The van der Waals surface area contributed by atoms with Crippen LogP contribution in [0.25, 0.3) is 0 Å². The molecule has 1 amide bonds. The summed E-state index contributed by atoms with van der Waals surface area (Å²) >= 11 is 0. The Morgan fingerprint density at radius 2 is 1.64 bits per heavy atom. The summed E-state index contributed by atoms with van der Waals surface area (Å²) < 4.78 is 0. The number of nitrogens with zero attached hydrogens (tertiary/aromatic N) is 3. The normalized spacial score (nSPS) is 10.4. The number of aromatic nitrogens is 2. The van der Waals surface area contributed by atoms with Crippen molar-refractivity contribution in [3.8, 4) is 0 Å². The van der Waals surface area contributed by atoms with Crippen LogP contribution in [0.4, 0.5) is 23.0 Å². The van der Waals surface area contributed by atoms with Crippen LogP contribution in [-0.4, -0.2) is 20.8 Å². The molecule has 0 saturated carbocycles. The molecule has 0 unspecified atom stereocenters. The highest BCUT2D eigenvalue weighted by molar-refractivity contribution is 6.04. The lowest BCUT2D eigenvalue weighted by Crippen LogP contribution is -2.12. The van der Waals surface area contributed by atoms with Gasteiger partial charge < -0.3 is 10.6 Å². The van der Waals surface area contributed by atoms with Crippen LogP contribution in [0.5, 0.6) is 0 Å². The van der Waals surface area contributed by atoms with Crippen LogP contribution < -0.4 is 10.6 Å². The van der Waals surface area contributed by atoms with E-state index in [-0.39, 0.29) is 11.6 Å². The number of nitro groups is 1. The highest BCUT2D eigenvalue weighted by atomic mass is 16.6. The second-order valence-corrected chi connectivity index (χ2v) is 6.39. The molecule has 3 rings (SSSR count). The molecule has 0 atom stereocenters. The number of hydrogen-bond donors (Lipinski definition) is 2. The Morgan fingerprint density at radius 3 is 2.29 bits per heavy atom. The number of nitro benzene ring substituents is 1. The molecule has 1 heterocycles. The second-order valence-electron chi connectivity index (χ2n) is 6.39. The van der Waals surface area contributed by atoms with Gasteiger partial charge in [-0.1, -0.05) is 6.07 Å². The number of rotatable bonds is 5. The van der Waals surface area contributed by atoms with Crippen LogP contribution >= 0.6 is 0 Å². The maximum Gasteiger partial charge on any atom is 0.272 e. The molecule has 0 bridgehead atoms. The van der Waals surface area contributed by atoms with Gasteiger partial charge >= 0.3 is 0 Å². The van der Waals surface area contributed by atoms with Gasteiger partial charge in [-0.15, -0.1) is 0 Å². The van der Waals surface area contributed by atoms with Crippen LogP contribution in [0, 0.1) is 30.9 Å². The van der Waals surface area contributed by atoms with Crippen molar-refractivity contribution in [3.63, 3.8) is 0 Å². The molecule has 0 saturated heterocycles. The molecule has 0 aliphatic heterocycles. The number of amides is 1. The van der Waals surface area contributed by atoms with Gasteiger partial charge in [0.2, 0.25) is 5.95 Å². The van der Waals surface area contributed by atoms with Gasteiger partial charge in [-0.05, 0) is 57.2 Å². The summed E-state index contributed by atoms with van der Waals surface area (Å²) in [5.74, 6) is 0.129. The Balaban J connectivity index is 1.76. The second kappa shape index (κ2) is 7.83. The molecule has 0 aliphatic rings. The molecule has 3 aromatic rings. The summed E-state index contributed by atoms with van der Waals surface area (Å²) in [7, 11) is 0. The number of carbonyl (C=O) groups is 1.